The van der Waals surface area contributed by atoms with Gasteiger partial charge in [0.15, 0.2) is 0 Å². The number of pyridine rings is 1. The molecule has 0 atom stereocenters. The summed E-state index contributed by atoms with van der Waals surface area (Å²) in [5.41, 5.74) is 1.35. The summed E-state index contributed by atoms with van der Waals surface area (Å²) in [6, 6.07) is 5.12. The van der Waals surface area contributed by atoms with Crippen LogP contribution in [0.3, 0.4) is 0 Å². The van der Waals surface area contributed by atoms with Crippen LogP contribution in [0, 0.1) is 13.8 Å². The molecule has 0 aliphatic heterocycles. The molecule has 0 saturated carbocycles. The van der Waals surface area contributed by atoms with Gasteiger partial charge in [-0.15, -0.1) is 0 Å². The van der Waals surface area contributed by atoms with Gasteiger partial charge in [-0.2, -0.15) is 0 Å². The molecule has 0 aliphatic carbocycles. The van der Waals surface area contributed by atoms with E-state index in [2.05, 4.69) is 4.98 Å². The molecule has 0 fully saturated rings. The van der Waals surface area contributed by atoms with Crippen molar-refractivity contribution in [3.05, 3.63) is 29.6 Å². The summed E-state index contributed by atoms with van der Waals surface area (Å²) in [7, 11) is 0. The quantitative estimate of drug-likeness (QED) is 0.668. The van der Waals surface area contributed by atoms with Crippen LogP contribution in [0.4, 0.5) is 0 Å². The van der Waals surface area contributed by atoms with Gasteiger partial charge in [0, 0.05) is 11.1 Å². The fourth-order valence-corrected chi connectivity index (χ4v) is 1.64. The van der Waals surface area contributed by atoms with Crippen molar-refractivity contribution in [3.63, 3.8) is 0 Å². The molecule has 1 heterocycles. The third-order valence-corrected chi connectivity index (χ3v) is 2.35. The number of hydrogen-bond donors (Lipinski definition) is 2. The van der Waals surface area contributed by atoms with E-state index in [1.807, 2.05) is 13.0 Å². The lowest BCUT2D eigenvalue weighted by Gasteiger charge is -2.07. The summed E-state index contributed by atoms with van der Waals surface area (Å²) in [5, 5.41) is 20.6. The Bertz CT molecular complexity index is 506. The average Bonchev–Trinajstić information content (AvgIpc) is 2.14. The molecule has 0 amide bonds. The minimum Gasteiger partial charge on any atom is -0.507 e. The zero-order valence-corrected chi connectivity index (χ0v) is 8.07. The van der Waals surface area contributed by atoms with Gasteiger partial charge in [0.2, 0.25) is 0 Å². The highest BCUT2D eigenvalue weighted by Crippen LogP contribution is 2.35. The third-order valence-electron chi connectivity index (χ3n) is 2.35. The summed E-state index contributed by atoms with van der Waals surface area (Å²) in [6.45, 7) is 3.57. The van der Waals surface area contributed by atoms with Crippen LogP contribution in [0.1, 0.15) is 11.4 Å². The van der Waals surface area contributed by atoms with Crippen LogP contribution in [0.5, 0.6) is 11.5 Å². The Labute approximate surface area is 81.7 Å². The molecular weight excluding hydrogens is 178 g/mol. The van der Waals surface area contributed by atoms with Gasteiger partial charge in [-0.1, -0.05) is 12.1 Å². The Kier molecular flexibility index (Phi) is 1.81. The monoisotopic (exact) mass is 189 g/mol. The lowest BCUT2D eigenvalue weighted by atomic mass is 10.1. The summed E-state index contributed by atoms with van der Waals surface area (Å²) in [4.78, 5) is 4.18. The van der Waals surface area contributed by atoms with E-state index in [-0.39, 0.29) is 11.5 Å². The smallest absolute Gasteiger partial charge is 0.148 e. The van der Waals surface area contributed by atoms with Crippen molar-refractivity contribution in [1.82, 2.24) is 4.98 Å². The Morgan fingerprint density at radius 3 is 2.50 bits per heavy atom. The lowest BCUT2D eigenvalue weighted by molar-refractivity contribution is 0.459. The highest BCUT2D eigenvalue weighted by molar-refractivity contribution is 5.95. The van der Waals surface area contributed by atoms with Crippen molar-refractivity contribution < 1.29 is 10.2 Å². The highest BCUT2D eigenvalue weighted by Gasteiger charge is 2.10. The van der Waals surface area contributed by atoms with E-state index in [0.29, 0.717) is 11.1 Å². The SMILES string of the molecule is Cc1nc(C)c2cccc(O)c2c1O. The van der Waals surface area contributed by atoms with E-state index < -0.39 is 0 Å². The molecule has 2 rings (SSSR count). The van der Waals surface area contributed by atoms with Gasteiger partial charge in [0.25, 0.3) is 0 Å². The van der Waals surface area contributed by atoms with Crippen LogP contribution in [0.15, 0.2) is 18.2 Å². The molecule has 14 heavy (non-hydrogen) atoms. The Morgan fingerprint density at radius 1 is 1.07 bits per heavy atom. The van der Waals surface area contributed by atoms with Crippen molar-refractivity contribution >= 4 is 10.8 Å². The van der Waals surface area contributed by atoms with Crippen LogP contribution in [-0.2, 0) is 0 Å². The molecule has 1 aromatic heterocycles. The Hall–Kier alpha value is -1.77. The number of rotatable bonds is 0. The highest BCUT2D eigenvalue weighted by atomic mass is 16.3. The average molecular weight is 189 g/mol. The predicted molar refractivity (Wildman–Crippen MR) is 54.5 cm³/mol. The van der Waals surface area contributed by atoms with E-state index in [9.17, 15) is 10.2 Å². The van der Waals surface area contributed by atoms with Crippen molar-refractivity contribution in [3.8, 4) is 11.5 Å². The molecule has 1 aromatic carbocycles. The number of hydrogen-bond acceptors (Lipinski definition) is 3. The van der Waals surface area contributed by atoms with Crippen molar-refractivity contribution in [2.24, 2.45) is 0 Å². The molecule has 3 heteroatoms. The van der Waals surface area contributed by atoms with Crippen LogP contribution in [-0.4, -0.2) is 15.2 Å². The first-order valence-electron chi connectivity index (χ1n) is 4.39. The zero-order valence-electron chi connectivity index (χ0n) is 8.07. The molecule has 0 aliphatic rings. The minimum absolute atomic E-state index is 0.0590. The first-order valence-corrected chi connectivity index (χ1v) is 4.39. The molecule has 3 nitrogen and oxygen atoms in total. The van der Waals surface area contributed by atoms with E-state index in [1.54, 1.807) is 19.1 Å². The van der Waals surface area contributed by atoms with Crippen molar-refractivity contribution in [1.29, 1.82) is 0 Å². The molecule has 0 radical (unpaired) electrons. The maximum absolute atomic E-state index is 9.74. The molecule has 0 spiro atoms. The topological polar surface area (TPSA) is 53.4 Å². The summed E-state index contributed by atoms with van der Waals surface area (Å²) >= 11 is 0. The predicted octanol–water partition coefficient (Wildman–Crippen LogP) is 2.26. The second-order valence-corrected chi connectivity index (χ2v) is 3.33. The normalized spacial score (nSPS) is 10.7. The maximum Gasteiger partial charge on any atom is 0.148 e. The number of aryl methyl sites for hydroxylation is 2. The molecule has 2 N–H and O–H groups in total. The number of benzene rings is 1. The maximum atomic E-state index is 9.74. The van der Waals surface area contributed by atoms with Gasteiger partial charge >= 0.3 is 0 Å². The van der Waals surface area contributed by atoms with Crippen molar-refractivity contribution in [2.75, 3.05) is 0 Å². The molecule has 72 valence electrons. The first kappa shape index (κ1) is 8.81. The van der Waals surface area contributed by atoms with Crippen molar-refractivity contribution in [2.45, 2.75) is 13.8 Å². The number of phenols is 1. The number of fused-ring (bicyclic) bond motifs is 1. The van der Waals surface area contributed by atoms with Gasteiger partial charge in [-0.05, 0) is 19.9 Å². The summed E-state index contributed by atoms with van der Waals surface area (Å²) in [6.07, 6.45) is 0. The fourth-order valence-electron chi connectivity index (χ4n) is 1.64. The lowest BCUT2D eigenvalue weighted by Crippen LogP contribution is -1.89. The standard InChI is InChI=1S/C11H11NO2/c1-6-8-4-3-5-9(13)10(8)11(14)7(2)12-6/h3-5,13-14H,1-2H3. The van der Waals surface area contributed by atoms with E-state index >= 15 is 0 Å². The van der Waals surface area contributed by atoms with Crippen LogP contribution >= 0.6 is 0 Å². The second kappa shape index (κ2) is 2.87. The summed E-state index contributed by atoms with van der Waals surface area (Å²) in [5.74, 6) is 0.150. The molecule has 2 aromatic rings. The number of aromatic hydroxyl groups is 2. The van der Waals surface area contributed by atoms with Gasteiger partial charge in [0.1, 0.15) is 11.5 Å². The Balaban J connectivity index is 3.03. The second-order valence-electron chi connectivity index (χ2n) is 3.33. The van der Waals surface area contributed by atoms with Gasteiger partial charge in [-0.3, -0.25) is 4.98 Å². The minimum atomic E-state index is 0.0590. The van der Waals surface area contributed by atoms with E-state index in [0.717, 1.165) is 11.1 Å². The molecule has 0 bridgehead atoms. The van der Waals surface area contributed by atoms with E-state index in [1.165, 1.54) is 0 Å². The first-order chi connectivity index (χ1) is 6.61. The third kappa shape index (κ3) is 1.09. The Morgan fingerprint density at radius 2 is 1.79 bits per heavy atom. The number of nitrogens with zero attached hydrogens (tertiary/aromatic N) is 1. The molecular formula is C11H11NO2. The zero-order chi connectivity index (χ0) is 10.3. The van der Waals surface area contributed by atoms with Crippen LogP contribution < -0.4 is 0 Å². The van der Waals surface area contributed by atoms with Gasteiger partial charge in [-0.25, -0.2) is 0 Å². The summed E-state index contributed by atoms with van der Waals surface area (Å²) < 4.78 is 0. The van der Waals surface area contributed by atoms with Gasteiger partial charge in [0.05, 0.1) is 11.1 Å². The van der Waals surface area contributed by atoms with E-state index in [4.69, 9.17) is 0 Å². The number of aromatic nitrogens is 1. The van der Waals surface area contributed by atoms with Crippen LogP contribution in [0.2, 0.25) is 0 Å². The number of phenolic OH excluding ortho intramolecular Hbond substituents is 1. The largest absolute Gasteiger partial charge is 0.507 e. The van der Waals surface area contributed by atoms with Crippen LogP contribution in [0.25, 0.3) is 10.8 Å². The molecule has 0 saturated heterocycles. The molecule has 0 unspecified atom stereocenters. The fraction of sp³-hybridized carbons (Fsp3) is 0.182. The van der Waals surface area contributed by atoms with Gasteiger partial charge < -0.3 is 10.2 Å².